The molecule has 2 aliphatic rings. The van der Waals surface area contributed by atoms with Gasteiger partial charge in [0.25, 0.3) is 0 Å². The zero-order valence-electron chi connectivity index (χ0n) is 17.1. The molecule has 0 N–H and O–H groups in total. The maximum atomic E-state index is 13.0. The molecular formula is C22H27NO5. The van der Waals surface area contributed by atoms with Gasteiger partial charge in [0.1, 0.15) is 17.4 Å². The predicted octanol–water partition coefficient (Wildman–Crippen LogP) is 3.84. The maximum absolute atomic E-state index is 13.0. The smallest absolute Gasteiger partial charge is 0.315 e. The van der Waals surface area contributed by atoms with Crippen molar-refractivity contribution in [2.24, 2.45) is 10.9 Å². The lowest BCUT2D eigenvalue weighted by Gasteiger charge is -2.35. The summed E-state index contributed by atoms with van der Waals surface area (Å²) in [5.41, 5.74) is 2.84. The summed E-state index contributed by atoms with van der Waals surface area (Å²) >= 11 is 0. The van der Waals surface area contributed by atoms with Crippen molar-refractivity contribution < 1.29 is 23.8 Å². The van der Waals surface area contributed by atoms with E-state index in [-0.39, 0.29) is 17.9 Å². The first-order chi connectivity index (χ1) is 13.4. The van der Waals surface area contributed by atoms with Crippen LogP contribution < -0.4 is 9.47 Å². The van der Waals surface area contributed by atoms with Gasteiger partial charge < -0.3 is 14.2 Å². The van der Waals surface area contributed by atoms with E-state index in [0.29, 0.717) is 29.2 Å². The van der Waals surface area contributed by atoms with Gasteiger partial charge in [-0.05, 0) is 39.7 Å². The zero-order chi connectivity index (χ0) is 20.4. The zero-order valence-corrected chi connectivity index (χ0v) is 17.1. The number of benzene rings is 1. The Morgan fingerprint density at radius 2 is 1.93 bits per heavy atom. The molecule has 0 bridgehead atoms. The highest BCUT2D eigenvalue weighted by atomic mass is 16.5. The van der Waals surface area contributed by atoms with Crippen molar-refractivity contribution in [1.29, 1.82) is 0 Å². The maximum Gasteiger partial charge on any atom is 0.315 e. The van der Waals surface area contributed by atoms with Crippen molar-refractivity contribution in [3.05, 3.63) is 35.0 Å². The number of carbonyl (C=O) groups excluding carboxylic acids is 2. The Hall–Kier alpha value is -2.63. The number of allylic oxidation sites excluding steroid dienone is 2. The van der Waals surface area contributed by atoms with Gasteiger partial charge in [0.05, 0.1) is 20.3 Å². The first kappa shape index (κ1) is 20.1. The second-order valence-electron chi connectivity index (χ2n) is 7.44. The van der Waals surface area contributed by atoms with Crippen LogP contribution in [0.5, 0.6) is 11.5 Å². The number of Topliss-reactive ketones (excluding diaryl/α,β-unsaturated/α-hetero) is 1. The number of carbonyl (C=O) groups is 2. The molecule has 1 aromatic rings. The Morgan fingerprint density at radius 3 is 2.57 bits per heavy atom. The molecule has 0 aromatic heterocycles. The van der Waals surface area contributed by atoms with Crippen molar-refractivity contribution in [3.63, 3.8) is 0 Å². The molecular weight excluding hydrogens is 358 g/mol. The van der Waals surface area contributed by atoms with Gasteiger partial charge >= 0.3 is 5.97 Å². The molecule has 6 heteroatoms. The molecule has 28 heavy (non-hydrogen) atoms. The second-order valence-corrected chi connectivity index (χ2v) is 7.44. The molecule has 3 rings (SSSR count). The van der Waals surface area contributed by atoms with E-state index in [4.69, 9.17) is 14.2 Å². The summed E-state index contributed by atoms with van der Waals surface area (Å²) in [4.78, 5) is 30.5. The van der Waals surface area contributed by atoms with Gasteiger partial charge in [-0.25, -0.2) is 0 Å². The van der Waals surface area contributed by atoms with Gasteiger partial charge in [-0.1, -0.05) is 6.07 Å². The van der Waals surface area contributed by atoms with Crippen LogP contribution in [-0.2, 0) is 14.3 Å². The van der Waals surface area contributed by atoms with Crippen molar-refractivity contribution in [2.45, 2.75) is 52.1 Å². The molecule has 2 atom stereocenters. The molecule has 0 saturated heterocycles. The van der Waals surface area contributed by atoms with Crippen LogP contribution in [0.4, 0.5) is 0 Å². The second kappa shape index (κ2) is 8.17. The van der Waals surface area contributed by atoms with E-state index < -0.39 is 11.8 Å². The van der Waals surface area contributed by atoms with Crippen molar-refractivity contribution in [3.8, 4) is 11.5 Å². The lowest BCUT2D eigenvalue weighted by molar-refractivity contribution is -0.150. The first-order valence-corrected chi connectivity index (χ1v) is 9.61. The molecule has 150 valence electrons. The lowest BCUT2D eigenvalue weighted by atomic mass is 9.71. The summed E-state index contributed by atoms with van der Waals surface area (Å²) < 4.78 is 16.4. The van der Waals surface area contributed by atoms with Gasteiger partial charge in [0.2, 0.25) is 0 Å². The highest BCUT2D eigenvalue weighted by Gasteiger charge is 2.44. The normalized spacial score (nSPS) is 21.9. The number of nitrogens with zero attached hydrogens (tertiary/aromatic N) is 1. The fraction of sp³-hybridized carbons (Fsp3) is 0.500. The monoisotopic (exact) mass is 385 g/mol. The van der Waals surface area contributed by atoms with Gasteiger partial charge in [-0.3, -0.25) is 14.6 Å². The van der Waals surface area contributed by atoms with E-state index in [1.54, 1.807) is 20.3 Å². The minimum Gasteiger partial charge on any atom is -0.497 e. The van der Waals surface area contributed by atoms with Crippen LogP contribution in [0, 0.1) is 5.92 Å². The number of ketones is 1. The fourth-order valence-electron chi connectivity index (χ4n) is 4.03. The van der Waals surface area contributed by atoms with Crippen LogP contribution >= 0.6 is 0 Å². The number of hydrogen-bond donors (Lipinski definition) is 0. The molecule has 6 nitrogen and oxygen atoms in total. The molecule has 0 fully saturated rings. The summed E-state index contributed by atoms with van der Waals surface area (Å²) in [5, 5.41) is 0. The lowest BCUT2D eigenvalue weighted by Crippen LogP contribution is -2.38. The van der Waals surface area contributed by atoms with Gasteiger partial charge in [0, 0.05) is 41.0 Å². The first-order valence-electron chi connectivity index (χ1n) is 9.61. The molecule has 1 heterocycles. The van der Waals surface area contributed by atoms with E-state index in [9.17, 15) is 9.59 Å². The summed E-state index contributed by atoms with van der Waals surface area (Å²) in [7, 11) is 3.15. The number of rotatable bonds is 5. The minimum absolute atomic E-state index is 0.0442. The van der Waals surface area contributed by atoms with E-state index in [2.05, 4.69) is 4.99 Å². The number of ether oxygens (including phenoxy) is 3. The Bertz CT molecular complexity index is 852. The number of methoxy groups -OCH3 is 2. The fourth-order valence-corrected chi connectivity index (χ4v) is 4.03. The third-order valence-electron chi connectivity index (χ3n) is 5.22. The summed E-state index contributed by atoms with van der Waals surface area (Å²) in [6, 6.07) is 5.45. The van der Waals surface area contributed by atoms with E-state index >= 15 is 0 Å². The summed E-state index contributed by atoms with van der Waals surface area (Å²) in [5.74, 6) is -0.247. The van der Waals surface area contributed by atoms with Crippen LogP contribution in [0.15, 0.2) is 34.5 Å². The number of aliphatic imine (C=N–C) groups is 1. The molecule has 1 unspecified atom stereocenters. The molecule has 1 aliphatic carbocycles. The van der Waals surface area contributed by atoms with Crippen LogP contribution in [0.1, 0.15) is 51.5 Å². The molecule has 0 amide bonds. The standard InChI is InChI=1S/C22H27NO5/c1-12(2)28-22(25)19-13(3)23-16-7-6-8-17(24)21(16)20(19)15-10-9-14(26-4)11-18(15)27-5/h9-12,19-20H,6-8H2,1-5H3/t19?,20-/m1/s1. The highest BCUT2D eigenvalue weighted by Crippen LogP contribution is 2.46. The van der Waals surface area contributed by atoms with Crippen molar-refractivity contribution >= 4 is 17.5 Å². The molecule has 1 aliphatic heterocycles. The third kappa shape index (κ3) is 3.68. The number of esters is 1. The van der Waals surface area contributed by atoms with Crippen LogP contribution in [0.2, 0.25) is 0 Å². The molecule has 0 saturated carbocycles. The van der Waals surface area contributed by atoms with E-state index in [1.165, 1.54) is 0 Å². The van der Waals surface area contributed by atoms with E-state index in [0.717, 1.165) is 24.1 Å². The summed E-state index contributed by atoms with van der Waals surface area (Å²) in [6.07, 6.45) is 1.73. The minimum atomic E-state index is -0.662. The molecule has 0 spiro atoms. The predicted molar refractivity (Wildman–Crippen MR) is 106 cm³/mol. The molecule has 0 radical (unpaired) electrons. The van der Waals surface area contributed by atoms with Crippen molar-refractivity contribution in [1.82, 2.24) is 0 Å². The Kier molecular flexibility index (Phi) is 5.87. The Labute approximate surface area is 165 Å². The largest absolute Gasteiger partial charge is 0.497 e. The van der Waals surface area contributed by atoms with Crippen molar-refractivity contribution in [2.75, 3.05) is 14.2 Å². The number of hydrogen-bond acceptors (Lipinski definition) is 6. The van der Waals surface area contributed by atoms with Crippen LogP contribution in [-0.4, -0.2) is 37.8 Å². The average Bonchev–Trinajstić information content (AvgIpc) is 2.65. The summed E-state index contributed by atoms with van der Waals surface area (Å²) in [6.45, 7) is 5.46. The third-order valence-corrected chi connectivity index (χ3v) is 5.22. The van der Waals surface area contributed by atoms with E-state index in [1.807, 2.05) is 32.9 Å². The van der Waals surface area contributed by atoms with Gasteiger partial charge in [0.15, 0.2) is 5.78 Å². The Balaban J connectivity index is 2.19. The van der Waals surface area contributed by atoms with Gasteiger partial charge in [-0.15, -0.1) is 0 Å². The quantitative estimate of drug-likeness (QED) is 0.720. The highest BCUT2D eigenvalue weighted by molar-refractivity contribution is 6.09. The topological polar surface area (TPSA) is 74.2 Å². The SMILES string of the molecule is COc1ccc([C@H]2C3=C(CCCC3=O)N=C(C)C2C(=O)OC(C)C)c(OC)c1. The van der Waals surface area contributed by atoms with Crippen LogP contribution in [0.25, 0.3) is 0 Å². The average molecular weight is 385 g/mol. The Morgan fingerprint density at radius 1 is 1.18 bits per heavy atom. The molecule has 1 aromatic carbocycles. The van der Waals surface area contributed by atoms with Gasteiger partial charge in [-0.2, -0.15) is 0 Å². The van der Waals surface area contributed by atoms with Crippen LogP contribution in [0.3, 0.4) is 0 Å².